The van der Waals surface area contributed by atoms with Gasteiger partial charge in [-0.1, -0.05) is 6.07 Å². The first-order chi connectivity index (χ1) is 13.8. The van der Waals surface area contributed by atoms with Crippen molar-refractivity contribution >= 4 is 50.1 Å². The Kier molecular flexibility index (Phi) is 6.59. The topological polar surface area (TPSA) is 90.9 Å². The third kappa shape index (κ3) is 4.45. The highest BCUT2D eigenvalue weighted by molar-refractivity contribution is 9.10. The number of carbonyl (C=O) groups is 3. The Labute approximate surface area is 180 Å². The summed E-state index contributed by atoms with van der Waals surface area (Å²) in [5.41, 5.74) is 1.86. The summed E-state index contributed by atoms with van der Waals surface area (Å²) in [7, 11) is 2.58. The molecule has 29 heavy (non-hydrogen) atoms. The molecule has 154 valence electrons. The first-order valence-corrected chi connectivity index (χ1v) is 10.5. The molecule has 1 aromatic carbocycles. The molecule has 3 rings (SSSR count). The van der Waals surface area contributed by atoms with Crippen molar-refractivity contribution in [3.8, 4) is 5.75 Å². The number of anilines is 1. The number of esters is 2. The minimum absolute atomic E-state index is 0.213. The molecule has 2 aromatic rings. The Morgan fingerprint density at radius 3 is 2.66 bits per heavy atom. The Morgan fingerprint density at radius 1 is 1.24 bits per heavy atom. The van der Waals surface area contributed by atoms with Crippen LogP contribution in [0.4, 0.5) is 5.00 Å². The predicted molar refractivity (Wildman–Crippen MR) is 112 cm³/mol. The average Bonchev–Trinajstić information content (AvgIpc) is 3.24. The second-order valence-electron chi connectivity index (χ2n) is 6.52. The molecule has 1 aliphatic carbocycles. The van der Waals surface area contributed by atoms with Crippen molar-refractivity contribution in [2.24, 2.45) is 0 Å². The molecular formula is C20H20BrNO6S. The van der Waals surface area contributed by atoms with Crippen LogP contribution in [0.3, 0.4) is 0 Å². The molecule has 0 spiro atoms. The van der Waals surface area contributed by atoms with Crippen LogP contribution in [-0.2, 0) is 25.5 Å². The highest BCUT2D eigenvalue weighted by atomic mass is 79.9. The standard InChI is InChI=1S/C20H20BrNO6S/c1-10-4-6-13(12(21)8-10)28-9-15(23)22-18-17(20(25)27-3)16-11(19(24)26-2)5-7-14(16)29-18/h4,6,8,11H,5,7,9H2,1-3H3,(H,22,23). The fraction of sp³-hybridized carbons (Fsp3) is 0.350. The van der Waals surface area contributed by atoms with Gasteiger partial charge in [0.15, 0.2) is 6.61 Å². The van der Waals surface area contributed by atoms with Gasteiger partial charge in [0.1, 0.15) is 10.8 Å². The number of nitrogens with one attached hydrogen (secondary N) is 1. The first-order valence-electron chi connectivity index (χ1n) is 8.86. The number of methoxy groups -OCH3 is 2. The highest BCUT2D eigenvalue weighted by Crippen LogP contribution is 2.45. The Bertz CT molecular complexity index is 970. The van der Waals surface area contributed by atoms with Crippen molar-refractivity contribution in [2.75, 3.05) is 26.1 Å². The molecule has 0 radical (unpaired) electrons. The average molecular weight is 482 g/mol. The lowest BCUT2D eigenvalue weighted by atomic mass is 9.99. The number of aryl methyl sites for hydroxylation is 2. The maximum absolute atomic E-state index is 12.4. The van der Waals surface area contributed by atoms with Gasteiger partial charge in [0.05, 0.1) is 30.2 Å². The molecule has 7 nitrogen and oxygen atoms in total. The minimum Gasteiger partial charge on any atom is -0.483 e. The number of hydrogen-bond acceptors (Lipinski definition) is 7. The summed E-state index contributed by atoms with van der Waals surface area (Å²) >= 11 is 4.67. The third-order valence-corrected chi connectivity index (χ3v) is 6.41. The number of thiophene rings is 1. The maximum Gasteiger partial charge on any atom is 0.341 e. The van der Waals surface area contributed by atoms with E-state index in [4.69, 9.17) is 14.2 Å². The molecule has 1 aromatic heterocycles. The highest BCUT2D eigenvalue weighted by Gasteiger charge is 2.38. The molecule has 1 N–H and O–H groups in total. The molecule has 1 aliphatic rings. The van der Waals surface area contributed by atoms with Crippen molar-refractivity contribution in [2.45, 2.75) is 25.7 Å². The number of amides is 1. The van der Waals surface area contributed by atoms with E-state index in [2.05, 4.69) is 21.2 Å². The fourth-order valence-corrected chi connectivity index (χ4v) is 5.15. The van der Waals surface area contributed by atoms with E-state index in [1.807, 2.05) is 19.1 Å². The molecule has 9 heteroatoms. The van der Waals surface area contributed by atoms with E-state index in [9.17, 15) is 14.4 Å². The number of benzene rings is 1. The van der Waals surface area contributed by atoms with E-state index in [1.54, 1.807) is 6.07 Å². The van der Waals surface area contributed by atoms with E-state index in [-0.39, 0.29) is 12.2 Å². The molecular weight excluding hydrogens is 462 g/mol. The van der Waals surface area contributed by atoms with Crippen LogP contribution < -0.4 is 10.1 Å². The van der Waals surface area contributed by atoms with Crippen molar-refractivity contribution in [1.29, 1.82) is 0 Å². The second-order valence-corrected chi connectivity index (χ2v) is 8.48. The number of carbonyl (C=O) groups excluding carboxylic acids is 3. The summed E-state index contributed by atoms with van der Waals surface area (Å²) in [6.07, 6.45) is 1.20. The second kappa shape index (κ2) is 8.96. The number of ether oxygens (including phenoxy) is 3. The number of halogens is 1. The zero-order chi connectivity index (χ0) is 21.1. The summed E-state index contributed by atoms with van der Waals surface area (Å²) in [5.74, 6) is -1.42. The van der Waals surface area contributed by atoms with Crippen molar-refractivity contribution in [3.05, 3.63) is 44.2 Å². The maximum atomic E-state index is 12.4. The first kappa shape index (κ1) is 21.3. The van der Waals surface area contributed by atoms with E-state index >= 15 is 0 Å². The van der Waals surface area contributed by atoms with Crippen LogP contribution >= 0.6 is 27.3 Å². The Hall–Kier alpha value is -2.39. The van der Waals surface area contributed by atoms with Crippen molar-refractivity contribution < 1.29 is 28.6 Å². The van der Waals surface area contributed by atoms with Gasteiger partial charge in [-0.3, -0.25) is 9.59 Å². The lowest BCUT2D eigenvalue weighted by Crippen LogP contribution is -2.22. The van der Waals surface area contributed by atoms with E-state index in [1.165, 1.54) is 25.6 Å². The summed E-state index contributed by atoms with van der Waals surface area (Å²) in [5, 5.41) is 3.07. The minimum atomic E-state index is -0.601. The van der Waals surface area contributed by atoms with Gasteiger partial charge < -0.3 is 19.5 Å². The molecule has 1 unspecified atom stereocenters. The van der Waals surface area contributed by atoms with Gasteiger partial charge >= 0.3 is 11.9 Å². The van der Waals surface area contributed by atoms with E-state index < -0.39 is 23.8 Å². The van der Waals surface area contributed by atoms with Gasteiger partial charge in [0, 0.05) is 4.88 Å². The molecule has 1 heterocycles. The number of hydrogen-bond donors (Lipinski definition) is 1. The van der Waals surface area contributed by atoms with Gasteiger partial charge in [-0.25, -0.2) is 4.79 Å². The van der Waals surface area contributed by atoms with Crippen LogP contribution in [0, 0.1) is 6.92 Å². The Balaban J connectivity index is 1.79. The summed E-state index contributed by atoms with van der Waals surface area (Å²) in [6.45, 7) is 1.72. The Morgan fingerprint density at radius 2 is 2.00 bits per heavy atom. The smallest absolute Gasteiger partial charge is 0.341 e. The van der Waals surface area contributed by atoms with Crippen LogP contribution in [0.2, 0.25) is 0 Å². The van der Waals surface area contributed by atoms with Gasteiger partial charge in [-0.2, -0.15) is 0 Å². The van der Waals surface area contributed by atoms with Crippen LogP contribution in [0.25, 0.3) is 0 Å². The van der Waals surface area contributed by atoms with Gasteiger partial charge in [-0.05, 0) is 59.0 Å². The molecule has 0 bridgehead atoms. The largest absolute Gasteiger partial charge is 0.483 e. The van der Waals surface area contributed by atoms with Crippen molar-refractivity contribution in [3.63, 3.8) is 0 Å². The zero-order valence-corrected chi connectivity index (χ0v) is 18.6. The summed E-state index contributed by atoms with van der Waals surface area (Å²) in [6, 6.07) is 5.54. The lowest BCUT2D eigenvalue weighted by Gasteiger charge is -2.12. The third-order valence-electron chi connectivity index (χ3n) is 4.60. The molecule has 0 saturated heterocycles. The molecule has 1 atom stereocenters. The summed E-state index contributed by atoms with van der Waals surface area (Å²) < 4.78 is 16.1. The molecule has 0 saturated carbocycles. The van der Waals surface area contributed by atoms with E-state index in [0.717, 1.165) is 14.9 Å². The van der Waals surface area contributed by atoms with Crippen LogP contribution in [-0.4, -0.2) is 38.7 Å². The SMILES string of the molecule is COC(=O)c1c(NC(=O)COc2ccc(C)cc2Br)sc2c1C(C(=O)OC)CC2. The molecule has 1 amide bonds. The predicted octanol–water partition coefficient (Wildman–Crippen LogP) is 3.83. The van der Waals surface area contributed by atoms with Crippen molar-refractivity contribution in [1.82, 2.24) is 0 Å². The van der Waals surface area contributed by atoms with E-state index in [0.29, 0.717) is 29.2 Å². The number of fused-ring (bicyclic) bond motifs is 1. The van der Waals surface area contributed by atoms with Crippen LogP contribution in [0.5, 0.6) is 5.75 Å². The van der Waals surface area contributed by atoms with Crippen LogP contribution in [0.1, 0.15) is 38.7 Å². The quantitative estimate of drug-likeness (QED) is 0.630. The lowest BCUT2D eigenvalue weighted by molar-refractivity contribution is -0.142. The normalized spacial score (nSPS) is 14.8. The summed E-state index contributed by atoms with van der Waals surface area (Å²) in [4.78, 5) is 37.8. The number of rotatable bonds is 6. The molecule has 0 fully saturated rings. The fourth-order valence-electron chi connectivity index (χ4n) is 3.26. The van der Waals surface area contributed by atoms with Gasteiger partial charge in [0.2, 0.25) is 0 Å². The molecule has 0 aliphatic heterocycles. The van der Waals surface area contributed by atoms with Gasteiger partial charge in [0.25, 0.3) is 5.91 Å². The zero-order valence-electron chi connectivity index (χ0n) is 16.2. The van der Waals surface area contributed by atoms with Crippen LogP contribution in [0.15, 0.2) is 22.7 Å². The monoisotopic (exact) mass is 481 g/mol. The van der Waals surface area contributed by atoms with Gasteiger partial charge in [-0.15, -0.1) is 11.3 Å².